The van der Waals surface area contributed by atoms with Gasteiger partial charge in [-0.1, -0.05) is 13.0 Å². The number of carbonyl (C=O) groups excluding carboxylic acids is 1. The quantitative estimate of drug-likeness (QED) is 0.715. The van der Waals surface area contributed by atoms with Gasteiger partial charge in [0.1, 0.15) is 0 Å². The van der Waals surface area contributed by atoms with Crippen LogP contribution in [0, 0.1) is 12.8 Å². The van der Waals surface area contributed by atoms with E-state index in [1.165, 1.54) is 5.56 Å². The number of nitrogens with zero attached hydrogens (tertiary/aromatic N) is 3. The van der Waals surface area contributed by atoms with E-state index in [1.54, 1.807) is 10.9 Å². The Morgan fingerprint density at radius 1 is 1.36 bits per heavy atom. The molecule has 6 nitrogen and oxygen atoms in total. The smallest absolute Gasteiger partial charge is 0.252 e. The number of benzene rings is 1. The molecule has 0 radical (unpaired) electrons. The molecule has 6 heteroatoms. The maximum atomic E-state index is 13.3. The van der Waals surface area contributed by atoms with Crippen molar-refractivity contribution >= 4 is 16.8 Å². The van der Waals surface area contributed by atoms with Crippen LogP contribution in [-0.4, -0.2) is 31.9 Å². The summed E-state index contributed by atoms with van der Waals surface area (Å²) in [7, 11) is 1.87. The fourth-order valence-corrected chi connectivity index (χ4v) is 4.01. The van der Waals surface area contributed by atoms with Crippen LogP contribution in [0.25, 0.3) is 10.9 Å². The summed E-state index contributed by atoms with van der Waals surface area (Å²) in [5, 5.41) is 18.1. The summed E-state index contributed by atoms with van der Waals surface area (Å²) >= 11 is 0. The number of aliphatic hydroxyl groups excluding tert-OH is 1. The van der Waals surface area contributed by atoms with E-state index in [0.717, 1.165) is 28.6 Å². The number of hydrogen-bond donors (Lipinski definition) is 2. The number of aromatic nitrogens is 3. The Labute approximate surface area is 164 Å². The zero-order valence-corrected chi connectivity index (χ0v) is 16.5. The van der Waals surface area contributed by atoms with E-state index >= 15 is 0 Å². The fraction of sp³-hybridized carbons (Fsp3) is 0.409. The van der Waals surface area contributed by atoms with Crippen LogP contribution in [0.2, 0.25) is 0 Å². The molecular formula is C22H26N4O2. The van der Waals surface area contributed by atoms with Crippen LogP contribution >= 0.6 is 0 Å². The van der Waals surface area contributed by atoms with Gasteiger partial charge in [-0.05, 0) is 55.9 Å². The Morgan fingerprint density at radius 2 is 2.14 bits per heavy atom. The summed E-state index contributed by atoms with van der Waals surface area (Å²) < 4.78 is 1.74. The van der Waals surface area contributed by atoms with Crippen LogP contribution in [0.1, 0.15) is 53.0 Å². The van der Waals surface area contributed by atoms with E-state index in [-0.39, 0.29) is 24.0 Å². The lowest BCUT2D eigenvalue weighted by Gasteiger charge is -2.37. The lowest BCUT2D eigenvalue weighted by atomic mass is 9.75. The van der Waals surface area contributed by atoms with Gasteiger partial charge >= 0.3 is 0 Å². The molecule has 28 heavy (non-hydrogen) atoms. The Bertz CT molecular complexity index is 1020. The van der Waals surface area contributed by atoms with Crippen LogP contribution in [0.15, 0.2) is 36.7 Å². The molecule has 1 unspecified atom stereocenters. The van der Waals surface area contributed by atoms with Crippen molar-refractivity contribution in [1.29, 1.82) is 0 Å². The Kier molecular flexibility index (Phi) is 4.89. The first-order valence-electron chi connectivity index (χ1n) is 9.82. The van der Waals surface area contributed by atoms with Crippen molar-refractivity contribution in [3.63, 3.8) is 0 Å². The fourth-order valence-electron chi connectivity index (χ4n) is 4.01. The van der Waals surface area contributed by atoms with Crippen molar-refractivity contribution in [3.05, 3.63) is 59.0 Å². The van der Waals surface area contributed by atoms with Gasteiger partial charge in [0.05, 0.1) is 29.4 Å². The first kappa shape index (κ1) is 18.6. The monoisotopic (exact) mass is 378 g/mol. The first-order chi connectivity index (χ1) is 13.4. The van der Waals surface area contributed by atoms with Crippen molar-refractivity contribution in [3.8, 4) is 0 Å². The minimum absolute atomic E-state index is 0.112. The zero-order chi connectivity index (χ0) is 19.8. The van der Waals surface area contributed by atoms with Gasteiger partial charge in [0.15, 0.2) is 0 Å². The van der Waals surface area contributed by atoms with Crippen molar-refractivity contribution in [2.75, 3.05) is 0 Å². The molecular weight excluding hydrogens is 352 g/mol. The van der Waals surface area contributed by atoms with Gasteiger partial charge < -0.3 is 10.4 Å². The summed E-state index contributed by atoms with van der Waals surface area (Å²) in [6.45, 7) is 4.01. The maximum Gasteiger partial charge on any atom is 0.252 e. The maximum absolute atomic E-state index is 13.3. The molecule has 0 saturated heterocycles. The minimum Gasteiger partial charge on any atom is -0.393 e. The molecule has 0 aliphatic heterocycles. The number of hydrogen-bond acceptors (Lipinski definition) is 4. The largest absolute Gasteiger partial charge is 0.393 e. The third-order valence-electron chi connectivity index (χ3n) is 5.65. The van der Waals surface area contributed by atoms with Gasteiger partial charge in [-0.3, -0.25) is 14.5 Å². The molecule has 1 aromatic carbocycles. The number of amides is 1. The van der Waals surface area contributed by atoms with Gasteiger partial charge in [0, 0.05) is 29.9 Å². The predicted molar refractivity (Wildman–Crippen MR) is 108 cm³/mol. The average molecular weight is 378 g/mol. The molecule has 2 aromatic heterocycles. The Balaban J connectivity index is 1.69. The second-order valence-corrected chi connectivity index (χ2v) is 7.80. The SMILES string of the molecule is CCc1ccc2nc(C)cc(C(=O)NC(c3cnn(C)c3)C3CC(O)C3)c2c1. The highest BCUT2D eigenvalue weighted by Gasteiger charge is 2.36. The number of rotatable bonds is 5. The third kappa shape index (κ3) is 3.52. The summed E-state index contributed by atoms with van der Waals surface area (Å²) in [5.74, 6) is 0.0996. The summed E-state index contributed by atoms with van der Waals surface area (Å²) in [6, 6.07) is 7.79. The molecule has 2 N–H and O–H groups in total. The molecule has 146 valence electrons. The number of pyridine rings is 1. The standard InChI is InChI=1S/C22H26N4O2/c1-4-14-5-6-20-18(8-14)19(7-13(2)24-20)22(28)25-21(15-9-17(27)10-15)16-11-23-26(3)12-16/h5-8,11-12,15,17,21,27H,4,9-10H2,1-3H3,(H,25,28). The molecule has 3 aromatic rings. The molecule has 1 amide bonds. The molecule has 1 atom stereocenters. The van der Waals surface area contributed by atoms with E-state index in [0.29, 0.717) is 18.4 Å². The van der Waals surface area contributed by atoms with E-state index < -0.39 is 0 Å². The number of nitrogens with one attached hydrogen (secondary N) is 1. The van der Waals surface area contributed by atoms with Crippen molar-refractivity contribution in [1.82, 2.24) is 20.1 Å². The van der Waals surface area contributed by atoms with Crippen LogP contribution in [0.5, 0.6) is 0 Å². The van der Waals surface area contributed by atoms with Crippen LogP contribution in [0.3, 0.4) is 0 Å². The molecule has 0 bridgehead atoms. The second-order valence-electron chi connectivity index (χ2n) is 7.80. The van der Waals surface area contributed by atoms with Gasteiger partial charge in [-0.25, -0.2) is 0 Å². The van der Waals surface area contributed by atoms with Crippen LogP contribution < -0.4 is 5.32 Å². The molecule has 2 heterocycles. The van der Waals surface area contributed by atoms with E-state index in [4.69, 9.17) is 0 Å². The average Bonchev–Trinajstić information content (AvgIpc) is 3.08. The molecule has 1 fully saturated rings. The molecule has 1 aliphatic rings. The van der Waals surface area contributed by atoms with Crippen LogP contribution in [-0.2, 0) is 13.5 Å². The first-order valence-corrected chi connectivity index (χ1v) is 9.82. The summed E-state index contributed by atoms with van der Waals surface area (Å²) in [4.78, 5) is 17.9. The molecule has 4 rings (SSSR count). The number of carbonyl (C=O) groups is 1. The number of aryl methyl sites for hydroxylation is 3. The van der Waals surface area contributed by atoms with E-state index in [1.807, 2.05) is 32.3 Å². The van der Waals surface area contributed by atoms with Gasteiger partial charge in [0.25, 0.3) is 5.91 Å². The molecule has 1 saturated carbocycles. The minimum atomic E-state index is -0.280. The predicted octanol–water partition coefficient (Wildman–Crippen LogP) is 3.08. The normalized spacial score (nSPS) is 20.0. The molecule has 1 aliphatic carbocycles. The molecule has 0 spiro atoms. The lowest BCUT2D eigenvalue weighted by Crippen LogP contribution is -2.41. The third-order valence-corrected chi connectivity index (χ3v) is 5.65. The number of fused-ring (bicyclic) bond motifs is 1. The number of aliphatic hydroxyl groups is 1. The van der Waals surface area contributed by atoms with Crippen LogP contribution in [0.4, 0.5) is 0 Å². The van der Waals surface area contributed by atoms with Crippen molar-refractivity contribution in [2.24, 2.45) is 13.0 Å². The van der Waals surface area contributed by atoms with Gasteiger partial charge in [-0.2, -0.15) is 5.10 Å². The second kappa shape index (κ2) is 7.36. The van der Waals surface area contributed by atoms with Gasteiger partial charge in [-0.15, -0.1) is 0 Å². The highest BCUT2D eigenvalue weighted by molar-refractivity contribution is 6.06. The Hall–Kier alpha value is -2.73. The lowest BCUT2D eigenvalue weighted by molar-refractivity contribution is 0.0235. The summed E-state index contributed by atoms with van der Waals surface area (Å²) in [5.41, 5.74) is 4.44. The summed E-state index contributed by atoms with van der Waals surface area (Å²) in [6.07, 6.45) is 5.73. The highest BCUT2D eigenvalue weighted by Crippen LogP contribution is 2.38. The Morgan fingerprint density at radius 3 is 2.79 bits per heavy atom. The van der Waals surface area contributed by atoms with Gasteiger partial charge in [0.2, 0.25) is 0 Å². The zero-order valence-electron chi connectivity index (χ0n) is 16.5. The van der Waals surface area contributed by atoms with Crippen molar-refractivity contribution < 1.29 is 9.90 Å². The highest BCUT2D eigenvalue weighted by atomic mass is 16.3. The van der Waals surface area contributed by atoms with E-state index in [9.17, 15) is 9.90 Å². The van der Waals surface area contributed by atoms with E-state index in [2.05, 4.69) is 34.5 Å². The topological polar surface area (TPSA) is 80.0 Å². The van der Waals surface area contributed by atoms with Crippen molar-refractivity contribution in [2.45, 2.75) is 45.3 Å².